The Morgan fingerprint density at radius 2 is 1.81 bits per heavy atom. The van der Waals surface area contributed by atoms with E-state index in [0.717, 1.165) is 12.0 Å². The van der Waals surface area contributed by atoms with Crippen LogP contribution in [0.1, 0.15) is 32.8 Å². The number of carbonyl (C=O) groups excluding carboxylic acids is 1. The van der Waals surface area contributed by atoms with Crippen LogP contribution in [0.2, 0.25) is 0 Å². The van der Waals surface area contributed by atoms with E-state index in [1.807, 2.05) is 26.8 Å². The van der Waals surface area contributed by atoms with Gasteiger partial charge in [0.05, 0.1) is 0 Å². The van der Waals surface area contributed by atoms with Gasteiger partial charge < -0.3 is 20.7 Å². The lowest BCUT2D eigenvalue weighted by atomic mass is 10.1. The number of amides is 1. The van der Waals surface area contributed by atoms with Gasteiger partial charge in [0.25, 0.3) is 0 Å². The number of benzene rings is 1. The van der Waals surface area contributed by atoms with Crippen molar-refractivity contribution in [3.63, 3.8) is 0 Å². The highest BCUT2D eigenvalue weighted by molar-refractivity contribution is 14.0. The first-order valence-corrected chi connectivity index (χ1v) is 8.46. The van der Waals surface area contributed by atoms with Gasteiger partial charge in [0.1, 0.15) is 11.4 Å². The zero-order valence-corrected chi connectivity index (χ0v) is 18.2. The second-order valence-electron chi connectivity index (χ2n) is 6.59. The van der Waals surface area contributed by atoms with Crippen LogP contribution in [0.25, 0.3) is 0 Å². The molecule has 0 unspecified atom stereocenters. The van der Waals surface area contributed by atoms with Crippen LogP contribution in [-0.4, -0.2) is 44.3 Å². The highest BCUT2D eigenvalue weighted by Crippen LogP contribution is 2.06. The van der Waals surface area contributed by atoms with Crippen molar-refractivity contribution in [2.45, 2.75) is 39.2 Å². The lowest BCUT2D eigenvalue weighted by molar-refractivity contribution is 0.0527. The Balaban J connectivity index is 0.00000625. The minimum Gasteiger partial charge on any atom is -0.444 e. The topological polar surface area (TPSA) is 74.8 Å². The summed E-state index contributed by atoms with van der Waals surface area (Å²) in [6, 6.07) is 6.56. The SMILES string of the molecule is CN=C(NCCCNC(=O)OC(C)(C)C)NCCc1cccc(F)c1.I. The Morgan fingerprint density at radius 1 is 1.15 bits per heavy atom. The van der Waals surface area contributed by atoms with Crippen LogP contribution in [0.5, 0.6) is 0 Å². The number of aliphatic imine (C=N–C) groups is 1. The van der Waals surface area contributed by atoms with E-state index in [-0.39, 0.29) is 29.8 Å². The third-order valence-corrected chi connectivity index (χ3v) is 3.13. The molecule has 1 aromatic rings. The van der Waals surface area contributed by atoms with E-state index >= 15 is 0 Å². The molecule has 1 amide bonds. The van der Waals surface area contributed by atoms with Crippen molar-refractivity contribution < 1.29 is 13.9 Å². The number of ether oxygens (including phenoxy) is 1. The number of nitrogens with zero attached hydrogens (tertiary/aromatic N) is 1. The molecular weight excluding hydrogens is 450 g/mol. The zero-order chi connectivity index (χ0) is 18.7. The standard InChI is InChI=1S/C18H29FN4O2.HI/c1-18(2,3)25-17(24)23-11-6-10-21-16(20-4)22-12-9-14-7-5-8-15(19)13-14;/h5,7-8,13H,6,9-12H2,1-4H3,(H,23,24)(H2,20,21,22);1H. The summed E-state index contributed by atoms with van der Waals surface area (Å²) in [4.78, 5) is 15.6. The van der Waals surface area contributed by atoms with Crippen molar-refractivity contribution in [1.29, 1.82) is 0 Å². The number of nitrogens with one attached hydrogen (secondary N) is 3. The monoisotopic (exact) mass is 480 g/mol. The summed E-state index contributed by atoms with van der Waals surface area (Å²) in [6.45, 7) is 7.31. The van der Waals surface area contributed by atoms with Gasteiger partial charge in [-0.25, -0.2) is 9.18 Å². The van der Waals surface area contributed by atoms with Crippen LogP contribution in [0.15, 0.2) is 29.3 Å². The minimum atomic E-state index is -0.490. The normalized spacial score (nSPS) is 11.3. The summed E-state index contributed by atoms with van der Waals surface area (Å²) in [7, 11) is 1.69. The Bertz CT molecular complexity index is 577. The smallest absolute Gasteiger partial charge is 0.407 e. The van der Waals surface area contributed by atoms with E-state index in [0.29, 0.717) is 32.0 Å². The van der Waals surface area contributed by atoms with Crippen LogP contribution in [0.3, 0.4) is 0 Å². The molecule has 0 bridgehead atoms. The molecule has 1 aromatic carbocycles. The molecule has 0 aromatic heterocycles. The first-order valence-electron chi connectivity index (χ1n) is 8.46. The zero-order valence-electron chi connectivity index (χ0n) is 15.9. The van der Waals surface area contributed by atoms with Crippen molar-refractivity contribution in [2.24, 2.45) is 4.99 Å². The summed E-state index contributed by atoms with van der Waals surface area (Å²) < 4.78 is 18.3. The van der Waals surface area contributed by atoms with Crippen LogP contribution in [-0.2, 0) is 11.2 Å². The number of halogens is 2. The third-order valence-electron chi connectivity index (χ3n) is 3.13. The molecule has 6 nitrogen and oxygen atoms in total. The van der Waals surface area contributed by atoms with E-state index in [1.165, 1.54) is 12.1 Å². The molecule has 0 radical (unpaired) electrons. The van der Waals surface area contributed by atoms with Crippen LogP contribution < -0.4 is 16.0 Å². The van der Waals surface area contributed by atoms with Gasteiger partial charge in [-0.1, -0.05) is 12.1 Å². The van der Waals surface area contributed by atoms with E-state index in [1.54, 1.807) is 13.1 Å². The largest absolute Gasteiger partial charge is 0.444 e. The Labute approximate surface area is 172 Å². The number of hydrogen-bond donors (Lipinski definition) is 3. The van der Waals surface area contributed by atoms with Gasteiger partial charge in [0.2, 0.25) is 0 Å². The van der Waals surface area contributed by atoms with Gasteiger partial charge in [0, 0.05) is 26.7 Å². The van der Waals surface area contributed by atoms with Gasteiger partial charge in [-0.15, -0.1) is 24.0 Å². The summed E-state index contributed by atoms with van der Waals surface area (Å²) in [5.74, 6) is 0.450. The predicted molar refractivity (Wildman–Crippen MR) is 114 cm³/mol. The fourth-order valence-electron chi connectivity index (χ4n) is 2.04. The Hall–Kier alpha value is -1.58. The average molecular weight is 480 g/mol. The maximum atomic E-state index is 13.1. The highest BCUT2D eigenvalue weighted by atomic mass is 127. The second kappa shape index (κ2) is 12.7. The van der Waals surface area contributed by atoms with E-state index in [9.17, 15) is 9.18 Å². The Morgan fingerprint density at radius 3 is 2.42 bits per heavy atom. The quantitative estimate of drug-likeness (QED) is 0.243. The first-order chi connectivity index (χ1) is 11.8. The lowest BCUT2D eigenvalue weighted by Gasteiger charge is -2.19. The van der Waals surface area contributed by atoms with Gasteiger partial charge in [-0.2, -0.15) is 0 Å². The summed E-state index contributed by atoms with van der Waals surface area (Å²) in [6.07, 6.45) is 1.03. The van der Waals surface area contributed by atoms with Gasteiger partial charge in [-0.3, -0.25) is 4.99 Å². The van der Waals surface area contributed by atoms with Crippen LogP contribution in [0.4, 0.5) is 9.18 Å². The molecule has 148 valence electrons. The molecule has 0 spiro atoms. The minimum absolute atomic E-state index is 0. The number of alkyl carbamates (subject to hydrolysis) is 1. The molecule has 0 saturated carbocycles. The number of hydrogen-bond acceptors (Lipinski definition) is 3. The molecule has 3 N–H and O–H groups in total. The van der Waals surface area contributed by atoms with Gasteiger partial charge in [0.15, 0.2) is 5.96 Å². The molecule has 26 heavy (non-hydrogen) atoms. The lowest BCUT2D eigenvalue weighted by Crippen LogP contribution is -2.40. The summed E-state index contributed by atoms with van der Waals surface area (Å²) >= 11 is 0. The molecule has 0 atom stereocenters. The van der Waals surface area contributed by atoms with Gasteiger partial charge in [-0.05, 0) is 51.3 Å². The number of rotatable bonds is 7. The molecule has 1 rings (SSSR count). The number of carbonyl (C=O) groups is 1. The summed E-state index contributed by atoms with van der Waals surface area (Å²) in [5, 5.41) is 9.04. The Kier molecular flexibility index (Phi) is 11.9. The first kappa shape index (κ1) is 24.4. The third kappa shape index (κ3) is 11.9. The molecular formula is C18H30FIN4O2. The van der Waals surface area contributed by atoms with E-state index < -0.39 is 11.7 Å². The fourth-order valence-corrected chi connectivity index (χ4v) is 2.04. The molecule has 0 aliphatic heterocycles. The van der Waals surface area contributed by atoms with Crippen molar-refractivity contribution in [2.75, 3.05) is 26.7 Å². The second-order valence-corrected chi connectivity index (χ2v) is 6.59. The molecule has 0 aliphatic rings. The van der Waals surface area contributed by atoms with Crippen LogP contribution in [0, 0.1) is 5.82 Å². The predicted octanol–water partition coefficient (Wildman–Crippen LogP) is 3.07. The van der Waals surface area contributed by atoms with Crippen LogP contribution >= 0.6 is 24.0 Å². The average Bonchev–Trinajstić information content (AvgIpc) is 2.51. The number of guanidine groups is 1. The van der Waals surface area contributed by atoms with E-state index in [4.69, 9.17) is 4.74 Å². The van der Waals surface area contributed by atoms with Crippen molar-refractivity contribution in [3.05, 3.63) is 35.6 Å². The molecule has 0 saturated heterocycles. The molecule has 8 heteroatoms. The van der Waals surface area contributed by atoms with E-state index in [2.05, 4.69) is 20.9 Å². The summed E-state index contributed by atoms with van der Waals surface area (Å²) in [5.41, 5.74) is 0.445. The highest BCUT2D eigenvalue weighted by Gasteiger charge is 2.15. The van der Waals surface area contributed by atoms with Gasteiger partial charge >= 0.3 is 6.09 Å². The fraction of sp³-hybridized carbons (Fsp3) is 0.556. The molecule has 0 heterocycles. The maximum absolute atomic E-state index is 13.1. The van der Waals surface area contributed by atoms with Crippen molar-refractivity contribution in [1.82, 2.24) is 16.0 Å². The molecule has 0 fully saturated rings. The maximum Gasteiger partial charge on any atom is 0.407 e. The van der Waals surface area contributed by atoms with Crippen molar-refractivity contribution >= 4 is 36.0 Å². The van der Waals surface area contributed by atoms with Crippen molar-refractivity contribution in [3.8, 4) is 0 Å². The molecule has 0 aliphatic carbocycles.